The average Bonchev–Trinajstić information content (AvgIpc) is 2.78. The molecule has 17 heavy (non-hydrogen) atoms. The molecule has 0 aliphatic carbocycles. The van der Waals surface area contributed by atoms with E-state index in [0.29, 0.717) is 0 Å². The maximum atomic E-state index is 5.56. The fourth-order valence-electron chi connectivity index (χ4n) is 1.79. The third kappa shape index (κ3) is 5.87. The molecule has 0 N–H and O–H groups in total. The number of aromatic nitrogens is 2. The molecule has 1 rings (SSSR count). The third-order valence-corrected chi connectivity index (χ3v) is 2.89. The molecule has 98 valence electrons. The summed E-state index contributed by atoms with van der Waals surface area (Å²) in [5.74, 6) is 1.22. The molecular weight excluding hydrogens is 212 g/mol. The zero-order valence-corrected chi connectivity index (χ0v) is 11.3. The van der Waals surface area contributed by atoms with Crippen LogP contribution in [0.15, 0.2) is 12.4 Å². The first-order valence-corrected chi connectivity index (χ1v) is 6.96. The van der Waals surface area contributed by atoms with Crippen molar-refractivity contribution in [2.24, 2.45) is 0 Å². The summed E-state index contributed by atoms with van der Waals surface area (Å²) in [6, 6.07) is 0. The topological polar surface area (TPSA) is 27.1 Å². The molecule has 0 saturated heterocycles. The summed E-state index contributed by atoms with van der Waals surface area (Å²) < 4.78 is 7.82. The van der Waals surface area contributed by atoms with Gasteiger partial charge in [0, 0.05) is 38.6 Å². The Morgan fingerprint density at radius 1 is 1.12 bits per heavy atom. The molecule has 1 aromatic rings. The van der Waals surface area contributed by atoms with Crippen molar-refractivity contribution >= 4 is 0 Å². The first kappa shape index (κ1) is 14.2. The number of aryl methyl sites for hydroxylation is 2. The largest absolute Gasteiger partial charge is 0.381 e. The van der Waals surface area contributed by atoms with Gasteiger partial charge in [-0.1, -0.05) is 26.7 Å². The van der Waals surface area contributed by atoms with Gasteiger partial charge in [-0.25, -0.2) is 4.98 Å². The van der Waals surface area contributed by atoms with Gasteiger partial charge in [-0.05, 0) is 19.3 Å². The lowest BCUT2D eigenvalue weighted by Crippen LogP contribution is -2.06. The zero-order valence-electron chi connectivity index (χ0n) is 11.3. The van der Waals surface area contributed by atoms with Crippen molar-refractivity contribution in [1.82, 2.24) is 9.55 Å². The Bertz CT molecular complexity index is 284. The van der Waals surface area contributed by atoms with E-state index in [1.807, 2.05) is 6.20 Å². The molecule has 0 fully saturated rings. The molecule has 1 aromatic heterocycles. The van der Waals surface area contributed by atoms with Crippen molar-refractivity contribution in [2.75, 3.05) is 13.2 Å². The molecule has 0 aliphatic heterocycles. The van der Waals surface area contributed by atoms with Gasteiger partial charge in [-0.3, -0.25) is 0 Å². The van der Waals surface area contributed by atoms with E-state index in [9.17, 15) is 0 Å². The first-order valence-electron chi connectivity index (χ1n) is 6.96. The van der Waals surface area contributed by atoms with Crippen LogP contribution >= 0.6 is 0 Å². The van der Waals surface area contributed by atoms with Crippen LogP contribution in [0.3, 0.4) is 0 Å². The SMILES string of the molecule is CCCCOCCCn1ccnc1CCCC. The highest BCUT2D eigenvalue weighted by Crippen LogP contribution is 2.04. The predicted molar refractivity (Wildman–Crippen MR) is 71.2 cm³/mol. The van der Waals surface area contributed by atoms with Crippen LogP contribution in [-0.4, -0.2) is 22.8 Å². The molecule has 0 spiro atoms. The van der Waals surface area contributed by atoms with E-state index in [-0.39, 0.29) is 0 Å². The van der Waals surface area contributed by atoms with Crippen LogP contribution in [0.4, 0.5) is 0 Å². The fraction of sp³-hybridized carbons (Fsp3) is 0.786. The monoisotopic (exact) mass is 238 g/mol. The van der Waals surface area contributed by atoms with Crippen molar-refractivity contribution in [3.8, 4) is 0 Å². The summed E-state index contributed by atoms with van der Waals surface area (Å²) in [4.78, 5) is 4.40. The van der Waals surface area contributed by atoms with Crippen molar-refractivity contribution in [3.05, 3.63) is 18.2 Å². The molecule has 0 saturated carbocycles. The van der Waals surface area contributed by atoms with E-state index in [0.717, 1.165) is 32.6 Å². The van der Waals surface area contributed by atoms with Crippen LogP contribution < -0.4 is 0 Å². The number of hydrogen-bond acceptors (Lipinski definition) is 2. The van der Waals surface area contributed by atoms with Crippen molar-refractivity contribution < 1.29 is 4.74 Å². The number of unbranched alkanes of at least 4 members (excludes halogenated alkanes) is 2. The average molecular weight is 238 g/mol. The van der Waals surface area contributed by atoms with Crippen LogP contribution in [0.25, 0.3) is 0 Å². The second kappa shape index (κ2) is 9.23. The second-order valence-electron chi connectivity index (χ2n) is 4.46. The molecular formula is C14H26N2O. The highest BCUT2D eigenvalue weighted by atomic mass is 16.5. The van der Waals surface area contributed by atoms with Crippen LogP contribution in [0.5, 0.6) is 0 Å². The summed E-state index contributed by atoms with van der Waals surface area (Å²) in [5.41, 5.74) is 0. The van der Waals surface area contributed by atoms with Gasteiger partial charge in [0.25, 0.3) is 0 Å². The number of ether oxygens (including phenoxy) is 1. The van der Waals surface area contributed by atoms with Crippen molar-refractivity contribution in [2.45, 2.75) is 58.9 Å². The van der Waals surface area contributed by atoms with Gasteiger partial charge in [0.2, 0.25) is 0 Å². The van der Waals surface area contributed by atoms with Crippen LogP contribution in [0.2, 0.25) is 0 Å². The minimum Gasteiger partial charge on any atom is -0.381 e. The Kier molecular flexibility index (Phi) is 7.72. The quantitative estimate of drug-likeness (QED) is 0.584. The van der Waals surface area contributed by atoms with Crippen LogP contribution in [0.1, 0.15) is 51.8 Å². The minimum absolute atomic E-state index is 0.866. The molecule has 0 atom stereocenters. The van der Waals surface area contributed by atoms with Gasteiger partial charge in [0.15, 0.2) is 0 Å². The zero-order chi connectivity index (χ0) is 12.3. The van der Waals surface area contributed by atoms with Gasteiger partial charge >= 0.3 is 0 Å². The number of hydrogen-bond donors (Lipinski definition) is 0. The van der Waals surface area contributed by atoms with Crippen LogP contribution in [-0.2, 0) is 17.7 Å². The molecule has 0 amide bonds. The third-order valence-electron chi connectivity index (χ3n) is 2.89. The molecule has 0 aliphatic rings. The minimum atomic E-state index is 0.866. The second-order valence-corrected chi connectivity index (χ2v) is 4.46. The lowest BCUT2D eigenvalue weighted by atomic mass is 10.2. The highest BCUT2D eigenvalue weighted by Gasteiger charge is 2.01. The number of rotatable bonds is 10. The van der Waals surface area contributed by atoms with E-state index < -0.39 is 0 Å². The normalized spacial score (nSPS) is 10.9. The molecule has 0 radical (unpaired) electrons. The smallest absolute Gasteiger partial charge is 0.108 e. The Morgan fingerprint density at radius 3 is 2.65 bits per heavy atom. The van der Waals surface area contributed by atoms with E-state index in [2.05, 4.69) is 29.6 Å². The Morgan fingerprint density at radius 2 is 1.88 bits per heavy atom. The lowest BCUT2D eigenvalue weighted by Gasteiger charge is -2.08. The first-order chi connectivity index (χ1) is 8.38. The molecule has 0 unspecified atom stereocenters. The Balaban J connectivity index is 2.15. The van der Waals surface area contributed by atoms with E-state index >= 15 is 0 Å². The molecule has 0 bridgehead atoms. The van der Waals surface area contributed by atoms with Gasteiger partial charge in [-0.2, -0.15) is 0 Å². The maximum absolute atomic E-state index is 5.56. The molecule has 0 aromatic carbocycles. The molecule has 3 nitrogen and oxygen atoms in total. The van der Waals surface area contributed by atoms with Crippen molar-refractivity contribution in [1.29, 1.82) is 0 Å². The highest BCUT2D eigenvalue weighted by molar-refractivity contribution is 4.92. The summed E-state index contributed by atoms with van der Waals surface area (Å²) in [5, 5.41) is 0. The maximum Gasteiger partial charge on any atom is 0.108 e. The number of imidazole rings is 1. The van der Waals surface area contributed by atoms with Crippen molar-refractivity contribution in [3.63, 3.8) is 0 Å². The lowest BCUT2D eigenvalue weighted by molar-refractivity contribution is 0.126. The van der Waals surface area contributed by atoms with Gasteiger partial charge in [0.1, 0.15) is 5.82 Å². The van der Waals surface area contributed by atoms with Crippen LogP contribution in [0, 0.1) is 0 Å². The van der Waals surface area contributed by atoms with E-state index in [1.54, 1.807) is 0 Å². The van der Waals surface area contributed by atoms with Gasteiger partial charge < -0.3 is 9.30 Å². The molecule has 1 heterocycles. The summed E-state index contributed by atoms with van der Waals surface area (Å²) in [7, 11) is 0. The predicted octanol–water partition coefficient (Wildman–Crippen LogP) is 3.43. The summed E-state index contributed by atoms with van der Waals surface area (Å²) in [6.07, 6.45) is 11.0. The van der Waals surface area contributed by atoms with E-state index in [1.165, 1.54) is 31.5 Å². The Labute approximate surface area is 105 Å². The summed E-state index contributed by atoms with van der Waals surface area (Å²) in [6.45, 7) is 7.21. The number of nitrogens with zero attached hydrogens (tertiary/aromatic N) is 2. The summed E-state index contributed by atoms with van der Waals surface area (Å²) >= 11 is 0. The van der Waals surface area contributed by atoms with Gasteiger partial charge in [0.05, 0.1) is 0 Å². The van der Waals surface area contributed by atoms with E-state index in [4.69, 9.17) is 4.74 Å². The standard InChI is InChI=1S/C14H26N2O/c1-3-5-8-14-15-9-11-16(14)10-7-13-17-12-6-4-2/h9,11H,3-8,10,12-13H2,1-2H3. The fourth-order valence-corrected chi connectivity index (χ4v) is 1.79. The van der Waals surface area contributed by atoms with Gasteiger partial charge in [-0.15, -0.1) is 0 Å². The molecule has 3 heteroatoms. The Hall–Kier alpha value is -0.830.